The quantitative estimate of drug-likeness (QED) is 0.519. The van der Waals surface area contributed by atoms with Gasteiger partial charge in [0.2, 0.25) is 11.8 Å². The van der Waals surface area contributed by atoms with Gasteiger partial charge in [0.1, 0.15) is 6.04 Å². The highest BCUT2D eigenvalue weighted by atomic mass is 32.2. The highest BCUT2D eigenvalue weighted by Gasteiger charge is 2.55. The number of fused-ring (bicyclic) bond motifs is 1. The summed E-state index contributed by atoms with van der Waals surface area (Å²) < 4.78 is 24.5. The molecule has 2 saturated heterocycles. The molecular formula is C23H30N4O5S. The maximum Gasteiger partial charge on any atom is 0.255 e. The lowest BCUT2D eigenvalue weighted by atomic mass is 9.70. The van der Waals surface area contributed by atoms with Crippen molar-refractivity contribution >= 4 is 27.6 Å². The maximum atomic E-state index is 12.9. The Hall–Kier alpha value is -2.30. The van der Waals surface area contributed by atoms with E-state index in [1.165, 1.54) is 0 Å². The molecule has 1 aliphatic carbocycles. The minimum atomic E-state index is -3.06. The second kappa shape index (κ2) is 8.18. The largest absolute Gasteiger partial charge is 0.328 e. The summed E-state index contributed by atoms with van der Waals surface area (Å²) >= 11 is 0. The highest BCUT2D eigenvalue weighted by Crippen LogP contribution is 2.49. The molecule has 1 saturated carbocycles. The van der Waals surface area contributed by atoms with Gasteiger partial charge in [-0.3, -0.25) is 19.7 Å². The number of carbonyl (C=O) groups excluding carboxylic acids is 3. The van der Waals surface area contributed by atoms with E-state index in [1.54, 1.807) is 4.90 Å². The van der Waals surface area contributed by atoms with E-state index < -0.39 is 26.5 Å². The van der Waals surface area contributed by atoms with Crippen LogP contribution in [0.15, 0.2) is 18.2 Å². The van der Waals surface area contributed by atoms with Crippen molar-refractivity contribution < 1.29 is 22.8 Å². The lowest BCUT2D eigenvalue weighted by molar-refractivity contribution is -0.136. The fraction of sp³-hybridized carbons (Fsp3) is 0.609. The first kappa shape index (κ1) is 22.5. The van der Waals surface area contributed by atoms with E-state index in [-0.39, 0.29) is 30.0 Å². The van der Waals surface area contributed by atoms with Gasteiger partial charge in [0.05, 0.1) is 10.5 Å². The van der Waals surface area contributed by atoms with Crippen LogP contribution in [0, 0.1) is 5.92 Å². The summed E-state index contributed by atoms with van der Waals surface area (Å²) in [5.74, 6) is -0.373. The molecule has 3 heterocycles. The standard InChI is InChI=1S/C23H30N4O5S/c24-17-5-6-33(31,32)23(10-17)8-15(9-23)12-25-11-14-1-2-16-13-27(22(30)18(16)7-14)19-3-4-20(28)26-21(19)29/h1-2,7,15,17,19,25H,3-6,8-13,24H2,(H,26,28,29). The molecule has 3 amide bonds. The van der Waals surface area contributed by atoms with Crippen LogP contribution in [0.3, 0.4) is 0 Å². The van der Waals surface area contributed by atoms with Gasteiger partial charge in [0.15, 0.2) is 9.84 Å². The predicted octanol–water partition coefficient (Wildman–Crippen LogP) is 0.222. The Bertz CT molecular complexity index is 1110. The van der Waals surface area contributed by atoms with Gasteiger partial charge in [-0.2, -0.15) is 0 Å². The number of hydrogen-bond acceptors (Lipinski definition) is 7. The fourth-order valence-corrected chi connectivity index (χ4v) is 8.41. The number of nitrogens with one attached hydrogen (secondary N) is 2. The second-order valence-electron chi connectivity index (χ2n) is 10.1. The third-order valence-electron chi connectivity index (χ3n) is 7.73. The van der Waals surface area contributed by atoms with E-state index in [2.05, 4.69) is 10.6 Å². The van der Waals surface area contributed by atoms with Crippen LogP contribution in [-0.2, 0) is 32.5 Å². The van der Waals surface area contributed by atoms with E-state index in [4.69, 9.17) is 5.73 Å². The van der Waals surface area contributed by atoms with Crippen molar-refractivity contribution in [1.29, 1.82) is 0 Å². The van der Waals surface area contributed by atoms with Crippen LogP contribution in [-0.4, -0.2) is 60.2 Å². The Balaban J connectivity index is 1.15. The van der Waals surface area contributed by atoms with Crippen LogP contribution < -0.4 is 16.4 Å². The first-order valence-corrected chi connectivity index (χ1v) is 13.3. The topological polar surface area (TPSA) is 139 Å². The molecule has 9 nitrogen and oxygen atoms in total. The van der Waals surface area contributed by atoms with Crippen molar-refractivity contribution in [2.24, 2.45) is 11.7 Å². The van der Waals surface area contributed by atoms with E-state index in [1.807, 2.05) is 18.2 Å². The summed E-state index contributed by atoms with van der Waals surface area (Å²) in [5.41, 5.74) is 8.49. The molecule has 3 fully saturated rings. The third-order valence-corrected chi connectivity index (χ3v) is 10.3. The summed E-state index contributed by atoms with van der Waals surface area (Å²) in [5, 5.41) is 5.72. The van der Waals surface area contributed by atoms with Gasteiger partial charge in [0.25, 0.3) is 5.91 Å². The number of sulfone groups is 1. The average Bonchev–Trinajstić information content (AvgIpc) is 3.05. The van der Waals surface area contributed by atoms with E-state index in [9.17, 15) is 22.8 Å². The molecule has 33 heavy (non-hydrogen) atoms. The molecule has 2 atom stereocenters. The van der Waals surface area contributed by atoms with Crippen LogP contribution in [0.2, 0.25) is 0 Å². The van der Waals surface area contributed by atoms with Gasteiger partial charge in [0, 0.05) is 31.1 Å². The van der Waals surface area contributed by atoms with Crippen LogP contribution in [0.5, 0.6) is 0 Å². The molecule has 3 aliphatic heterocycles. The number of piperidine rings is 1. The Morgan fingerprint density at radius 1 is 1.15 bits per heavy atom. The van der Waals surface area contributed by atoms with Crippen molar-refractivity contribution in [2.75, 3.05) is 12.3 Å². The van der Waals surface area contributed by atoms with E-state index in [0.29, 0.717) is 56.7 Å². The molecular weight excluding hydrogens is 444 g/mol. The van der Waals surface area contributed by atoms with Gasteiger partial charge < -0.3 is 16.0 Å². The van der Waals surface area contributed by atoms with Gasteiger partial charge in [-0.1, -0.05) is 12.1 Å². The smallest absolute Gasteiger partial charge is 0.255 e. The number of amides is 3. The Morgan fingerprint density at radius 3 is 2.70 bits per heavy atom. The third kappa shape index (κ3) is 3.98. The van der Waals surface area contributed by atoms with Crippen LogP contribution in [0.25, 0.3) is 0 Å². The maximum absolute atomic E-state index is 12.9. The Morgan fingerprint density at radius 2 is 1.94 bits per heavy atom. The van der Waals surface area contributed by atoms with Crippen LogP contribution in [0.1, 0.15) is 60.0 Å². The molecule has 1 spiro atoms. The molecule has 0 bridgehead atoms. The number of carbonyl (C=O) groups is 3. The first-order chi connectivity index (χ1) is 15.7. The van der Waals surface area contributed by atoms with Gasteiger partial charge in [-0.25, -0.2) is 8.42 Å². The Labute approximate surface area is 193 Å². The molecule has 10 heteroatoms. The zero-order chi connectivity index (χ0) is 23.4. The number of nitrogens with two attached hydrogens (primary N) is 1. The molecule has 4 N–H and O–H groups in total. The van der Waals surface area contributed by atoms with Crippen molar-refractivity contribution in [3.05, 3.63) is 34.9 Å². The minimum absolute atomic E-state index is 0.0221. The minimum Gasteiger partial charge on any atom is -0.328 e. The molecule has 5 rings (SSSR count). The number of rotatable bonds is 5. The number of hydrogen-bond donors (Lipinski definition) is 3. The summed E-state index contributed by atoms with van der Waals surface area (Å²) in [7, 11) is -3.06. The highest BCUT2D eigenvalue weighted by molar-refractivity contribution is 7.92. The summed E-state index contributed by atoms with van der Waals surface area (Å²) in [6.07, 6.45) is 3.05. The SMILES string of the molecule is NC1CCS(=O)(=O)C2(C1)CC(CNCc1ccc3c(c1)C(=O)N(C1CCC(=O)NC1=O)C3)C2. The summed E-state index contributed by atoms with van der Waals surface area (Å²) in [6, 6.07) is 5.12. The molecule has 4 aliphatic rings. The van der Waals surface area contributed by atoms with Crippen molar-refractivity contribution in [3.8, 4) is 0 Å². The molecule has 1 aromatic carbocycles. The monoisotopic (exact) mass is 474 g/mol. The molecule has 0 radical (unpaired) electrons. The normalized spacial score (nSPS) is 33.1. The fourth-order valence-electron chi connectivity index (χ4n) is 5.92. The van der Waals surface area contributed by atoms with Gasteiger partial charge >= 0.3 is 0 Å². The van der Waals surface area contributed by atoms with Gasteiger partial charge in [-0.05, 0) is 61.8 Å². The zero-order valence-electron chi connectivity index (χ0n) is 18.5. The second-order valence-corrected chi connectivity index (χ2v) is 12.6. The van der Waals surface area contributed by atoms with E-state index in [0.717, 1.165) is 17.7 Å². The lowest BCUT2D eigenvalue weighted by Gasteiger charge is -2.50. The average molecular weight is 475 g/mol. The Kier molecular flexibility index (Phi) is 5.57. The molecule has 2 unspecified atom stereocenters. The van der Waals surface area contributed by atoms with E-state index >= 15 is 0 Å². The summed E-state index contributed by atoms with van der Waals surface area (Å²) in [4.78, 5) is 38.1. The zero-order valence-corrected chi connectivity index (χ0v) is 19.3. The van der Waals surface area contributed by atoms with Crippen LogP contribution >= 0.6 is 0 Å². The molecule has 1 aromatic rings. The van der Waals surface area contributed by atoms with Crippen molar-refractivity contribution in [1.82, 2.24) is 15.5 Å². The summed E-state index contributed by atoms with van der Waals surface area (Å²) in [6.45, 7) is 1.67. The van der Waals surface area contributed by atoms with Crippen molar-refractivity contribution in [3.63, 3.8) is 0 Å². The van der Waals surface area contributed by atoms with Gasteiger partial charge in [-0.15, -0.1) is 0 Å². The molecule has 178 valence electrons. The molecule has 0 aromatic heterocycles. The predicted molar refractivity (Wildman–Crippen MR) is 121 cm³/mol. The first-order valence-electron chi connectivity index (χ1n) is 11.6. The van der Waals surface area contributed by atoms with Crippen LogP contribution in [0.4, 0.5) is 0 Å². The number of nitrogens with zero attached hydrogens (tertiary/aromatic N) is 1. The number of benzene rings is 1. The lowest BCUT2D eigenvalue weighted by Crippen LogP contribution is -2.58. The van der Waals surface area contributed by atoms with Crippen molar-refractivity contribution in [2.45, 2.75) is 68.4 Å². The number of imide groups is 1.